The van der Waals surface area contributed by atoms with Crippen molar-refractivity contribution in [2.75, 3.05) is 18.4 Å². The summed E-state index contributed by atoms with van der Waals surface area (Å²) in [5.41, 5.74) is 5.17. The molecule has 0 unspecified atom stereocenters. The number of aromatic nitrogens is 4. The molecule has 3 aromatic heterocycles. The van der Waals surface area contributed by atoms with Crippen molar-refractivity contribution in [2.24, 2.45) is 0 Å². The Kier molecular flexibility index (Phi) is 7.50. The number of likely N-dealkylation sites (tertiary alicyclic amines) is 1. The number of anilines is 2. The number of nitrogens with one attached hydrogen (secondary N) is 2. The zero-order chi connectivity index (χ0) is 29.0. The van der Waals surface area contributed by atoms with Gasteiger partial charge in [0, 0.05) is 54.5 Å². The molecule has 43 heavy (non-hydrogen) atoms. The number of pyridine rings is 1. The van der Waals surface area contributed by atoms with Crippen LogP contribution in [0.5, 0.6) is 0 Å². The summed E-state index contributed by atoms with van der Waals surface area (Å²) in [6.45, 7) is 2.93. The molecule has 7 rings (SSSR count). The van der Waals surface area contributed by atoms with Crippen LogP contribution in [0.25, 0.3) is 27.6 Å². The average Bonchev–Trinajstić information content (AvgIpc) is 3.41. The Hall–Kier alpha value is -5.08. The highest BCUT2D eigenvalue weighted by molar-refractivity contribution is 5.90. The van der Waals surface area contributed by atoms with Gasteiger partial charge in [0.05, 0.1) is 17.5 Å². The van der Waals surface area contributed by atoms with Crippen LogP contribution in [-0.2, 0) is 17.8 Å². The molecule has 0 spiro atoms. The molecule has 6 aromatic rings. The largest absolute Gasteiger partial charge is 0.353 e. The van der Waals surface area contributed by atoms with Gasteiger partial charge in [-0.1, -0.05) is 54.6 Å². The van der Waals surface area contributed by atoms with Crippen LogP contribution in [0.2, 0.25) is 0 Å². The van der Waals surface area contributed by atoms with Crippen LogP contribution in [0.4, 0.5) is 11.5 Å². The lowest BCUT2D eigenvalue weighted by Crippen LogP contribution is -2.44. The van der Waals surface area contributed by atoms with E-state index in [1.165, 1.54) is 5.56 Å². The predicted molar refractivity (Wildman–Crippen MR) is 170 cm³/mol. The fraction of sp³-hybridized carbons (Fsp3) is 0.200. The Morgan fingerprint density at radius 1 is 0.860 bits per heavy atom. The van der Waals surface area contributed by atoms with Gasteiger partial charge in [-0.2, -0.15) is 0 Å². The molecule has 1 fully saturated rings. The van der Waals surface area contributed by atoms with Crippen molar-refractivity contribution in [1.29, 1.82) is 0 Å². The second-order valence-electron chi connectivity index (χ2n) is 11.1. The monoisotopic (exact) mass is 567 g/mol. The lowest BCUT2D eigenvalue weighted by Gasteiger charge is -2.32. The van der Waals surface area contributed by atoms with Gasteiger partial charge in [-0.3, -0.25) is 19.2 Å². The number of hydrogen-bond acceptors (Lipinski definition) is 6. The molecule has 1 aliphatic heterocycles. The van der Waals surface area contributed by atoms with E-state index >= 15 is 0 Å². The third-order valence-corrected chi connectivity index (χ3v) is 8.12. The minimum Gasteiger partial charge on any atom is -0.353 e. The summed E-state index contributed by atoms with van der Waals surface area (Å²) in [6, 6.07) is 32.7. The maximum absolute atomic E-state index is 13.2. The maximum atomic E-state index is 13.2. The van der Waals surface area contributed by atoms with E-state index in [-0.39, 0.29) is 11.9 Å². The number of benzene rings is 3. The molecular weight excluding hydrogens is 534 g/mol. The van der Waals surface area contributed by atoms with Gasteiger partial charge in [0.15, 0.2) is 11.6 Å². The first-order valence-electron chi connectivity index (χ1n) is 14.8. The van der Waals surface area contributed by atoms with E-state index in [0.717, 1.165) is 65.5 Å². The number of piperidine rings is 1. The number of fused-ring (bicyclic) bond motifs is 2. The minimum absolute atomic E-state index is 0.0561. The summed E-state index contributed by atoms with van der Waals surface area (Å²) in [5, 5.41) is 17.7. The molecule has 1 saturated heterocycles. The number of amides is 1. The van der Waals surface area contributed by atoms with Crippen molar-refractivity contribution in [3.8, 4) is 5.82 Å². The molecule has 8 nitrogen and oxygen atoms in total. The van der Waals surface area contributed by atoms with E-state index < -0.39 is 0 Å². The van der Waals surface area contributed by atoms with E-state index in [1.54, 1.807) is 6.20 Å². The topological polar surface area (TPSA) is 88.0 Å². The minimum atomic E-state index is 0.0561. The molecule has 0 aliphatic carbocycles. The fourth-order valence-electron chi connectivity index (χ4n) is 5.93. The molecule has 3 aromatic carbocycles. The Morgan fingerprint density at radius 2 is 1.70 bits per heavy atom. The first kappa shape index (κ1) is 26.8. The van der Waals surface area contributed by atoms with Crippen molar-refractivity contribution in [2.45, 2.75) is 31.8 Å². The predicted octanol–water partition coefficient (Wildman–Crippen LogP) is 6.04. The summed E-state index contributed by atoms with van der Waals surface area (Å²) < 4.78 is 2.01. The van der Waals surface area contributed by atoms with Crippen LogP contribution >= 0.6 is 0 Å². The van der Waals surface area contributed by atoms with Gasteiger partial charge in [-0.15, -0.1) is 10.2 Å². The van der Waals surface area contributed by atoms with Gasteiger partial charge >= 0.3 is 0 Å². The van der Waals surface area contributed by atoms with Gasteiger partial charge in [0.2, 0.25) is 5.91 Å². The zero-order valence-corrected chi connectivity index (χ0v) is 23.9. The Bertz CT molecular complexity index is 1860. The van der Waals surface area contributed by atoms with Gasteiger partial charge in [-0.25, -0.2) is 0 Å². The third kappa shape index (κ3) is 6.10. The third-order valence-electron chi connectivity index (χ3n) is 8.12. The van der Waals surface area contributed by atoms with Gasteiger partial charge < -0.3 is 10.6 Å². The number of rotatable bonds is 8. The van der Waals surface area contributed by atoms with Crippen LogP contribution in [0.15, 0.2) is 109 Å². The molecule has 1 aliphatic rings. The lowest BCUT2D eigenvalue weighted by molar-refractivity contribution is -0.121. The fourth-order valence-corrected chi connectivity index (χ4v) is 5.93. The summed E-state index contributed by atoms with van der Waals surface area (Å²) in [6.07, 6.45) is 6.06. The Balaban J connectivity index is 1.01. The Labute approximate surface area is 250 Å². The maximum Gasteiger partial charge on any atom is 0.224 e. The van der Waals surface area contributed by atoms with Gasteiger partial charge in [0.25, 0.3) is 0 Å². The van der Waals surface area contributed by atoms with Crippen LogP contribution < -0.4 is 10.6 Å². The standard InChI is InChI=1S/C35H33N7O/c43-35(38-28-16-19-41(20-17-28)23-25-7-2-1-3-8-25)22-27-24-42(32-11-5-4-10-30(27)32)34-15-14-33(39-40-34)37-29-12-13-31-26(21-29)9-6-18-36-31/h1-15,18,21,24,28H,16-17,19-20,22-23H2,(H,37,39)(H,38,43). The van der Waals surface area contributed by atoms with Crippen molar-refractivity contribution in [3.63, 3.8) is 0 Å². The van der Waals surface area contributed by atoms with E-state index in [2.05, 4.69) is 73.2 Å². The number of carbonyl (C=O) groups excluding carboxylic acids is 1. The highest BCUT2D eigenvalue weighted by Gasteiger charge is 2.22. The van der Waals surface area contributed by atoms with Gasteiger partial charge in [-0.05, 0) is 66.4 Å². The summed E-state index contributed by atoms with van der Waals surface area (Å²) in [5.74, 6) is 1.40. The van der Waals surface area contributed by atoms with Crippen molar-refractivity contribution in [3.05, 3.63) is 121 Å². The van der Waals surface area contributed by atoms with E-state index in [0.29, 0.717) is 18.1 Å². The molecular formula is C35H33N7O. The van der Waals surface area contributed by atoms with Crippen LogP contribution in [0, 0.1) is 0 Å². The number of hydrogen-bond donors (Lipinski definition) is 2. The SMILES string of the molecule is O=C(Cc1cn(-c2ccc(Nc3ccc4ncccc4c3)nn2)c2ccccc12)NC1CCN(Cc2ccccc2)CC1. The summed E-state index contributed by atoms with van der Waals surface area (Å²) in [4.78, 5) is 20.0. The van der Waals surface area contributed by atoms with Crippen LogP contribution in [-0.4, -0.2) is 49.7 Å². The van der Waals surface area contributed by atoms with Crippen molar-refractivity contribution in [1.82, 2.24) is 30.0 Å². The highest BCUT2D eigenvalue weighted by Crippen LogP contribution is 2.26. The number of carbonyl (C=O) groups is 1. The first-order chi connectivity index (χ1) is 21.2. The molecule has 0 bridgehead atoms. The first-order valence-corrected chi connectivity index (χ1v) is 14.8. The molecule has 8 heteroatoms. The molecule has 1 amide bonds. The molecule has 214 valence electrons. The van der Waals surface area contributed by atoms with E-state index in [4.69, 9.17) is 0 Å². The van der Waals surface area contributed by atoms with Gasteiger partial charge in [0.1, 0.15) is 0 Å². The molecule has 0 radical (unpaired) electrons. The summed E-state index contributed by atoms with van der Waals surface area (Å²) >= 11 is 0. The zero-order valence-electron chi connectivity index (χ0n) is 23.9. The highest BCUT2D eigenvalue weighted by atomic mass is 16.1. The quantitative estimate of drug-likeness (QED) is 0.233. The molecule has 2 N–H and O–H groups in total. The number of nitrogens with zero attached hydrogens (tertiary/aromatic N) is 5. The molecule has 4 heterocycles. The summed E-state index contributed by atoms with van der Waals surface area (Å²) in [7, 11) is 0. The van der Waals surface area contributed by atoms with Crippen LogP contribution in [0.1, 0.15) is 24.0 Å². The smallest absolute Gasteiger partial charge is 0.224 e. The van der Waals surface area contributed by atoms with E-state index in [1.807, 2.05) is 65.4 Å². The Morgan fingerprint density at radius 3 is 2.53 bits per heavy atom. The average molecular weight is 568 g/mol. The van der Waals surface area contributed by atoms with Crippen LogP contribution in [0.3, 0.4) is 0 Å². The second kappa shape index (κ2) is 12.0. The molecule has 0 saturated carbocycles. The van der Waals surface area contributed by atoms with Crippen molar-refractivity contribution >= 4 is 39.2 Å². The number of para-hydroxylation sites is 1. The van der Waals surface area contributed by atoms with E-state index in [9.17, 15) is 4.79 Å². The molecule has 0 atom stereocenters. The second-order valence-corrected chi connectivity index (χ2v) is 11.1. The van der Waals surface area contributed by atoms with Crippen molar-refractivity contribution < 1.29 is 4.79 Å². The normalized spacial score (nSPS) is 14.2. The lowest BCUT2D eigenvalue weighted by atomic mass is 10.0.